The Morgan fingerprint density at radius 3 is 2.10 bits per heavy atom. The second-order valence-corrected chi connectivity index (χ2v) is 14.0. The zero-order valence-corrected chi connectivity index (χ0v) is 29.6. The predicted molar refractivity (Wildman–Crippen MR) is 198 cm³/mol. The van der Waals surface area contributed by atoms with Gasteiger partial charge in [0, 0.05) is 42.5 Å². The maximum absolute atomic E-state index is 14.1. The first-order valence-corrected chi connectivity index (χ1v) is 17.3. The fourth-order valence-electron chi connectivity index (χ4n) is 5.47. The first-order chi connectivity index (χ1) is 23.9. The van der Waals surface area contributed by atoms with Gasteiger partial charge in [-0.25, -0.2) is 0 Å². The molecule has 50 heavy (non-hydrogen) atoms. The molecule has 1 fully saturated rings. The largest absolute Gasteiger partial charge is 0.354 e. The molecule has 3 atom stereocenters. The molecule has 263 valence electrons. The number of hydrogen-bond donors (Lipinski definition) is 4. The van der Waals surface area contributed by atoms with Crippen LogP contribution in [-0.4, -0.2) is 55.3 Å². The number of hydrogen-bond acceptors (Lipinski definition) is 5. The quantitative estimate of drug-likeness (QED) is 0.146. The van der Waals surface area contributed by atoms with Crippen LogP contribution >= 0.6 is 0 Å². The maximum Gasteiger partial charge on any atom is 0.302 e. The van der Waals surface area contributed by atoms with E-state index < -0.39 is 35.2 Å². The molecule has 4 N–H and O–H groups in total. The minimum Gasteiger partial charge on any atom is -0.354 e. The molecule has 0 heterocycles. The third-order valence-corrected chi connectivity index (χ3v) is 9.02. The van der Waals surface area contributed by atoms with Crippen LogP contribution in [0.5, 0.6) is 0 Å². The predicted octanol–water partition coefficient (Wildman–Crippen LogP) is 5.24. The average Bonchev–Trinajstić information content (AvgIpc) is 3.96. The van der Waals surface area contributed by atoms with Crippen molar-refractivity contribution in [2.45, 2.75) is 71.5 Å². The van der Waals surface area contributed by atoms with Crippen LogP contribution in [0.15, 0.2) is 78.9 Å². The van der Waals surface area contributed by atoms with Crippen molar-refractivity contribution in [1.29, 1.82) is 0 Å². The van der Waals surface area contributed by atoms with Gasteiger partial charge in [0.05, 0.1) is 12.1 Å². The molecule has 9 nitrogen and oxygen atoms in total. The van der Waals surface area contributed by atoms with E-state index >= 15 is 0 Å². The van der Waals surface area contributed by atoms with Gasteiger partial charge in [-0.1, -0.05) is 81.4 Å². The van der Waals surface area contributed by atoms with Crippen LogP contribution in [0.2, 0.25) is 0 Å². The molecule has 3 aromatic rings. The number of anilines is 1. The smallest absolute Gasteiger partial charge is 0.302 e. The molecule has 0 bridgehead atoms. The van der Waals surface area contributed by atoms with Gasteiger partial charge in [-0.2, -0.15) is 0 Å². The molecule has 1 aliphatic rings. The summed E-state index contributed by atoms with van der Waals surface area (Å²) < 4.78 is 0. The van der Waals surface area contributed by atoms with E-state index in [1.165, 1.54) is 11.0 Å². The van der Waals surface area contributed by atoms with Crippen molar-refractivity contribution in [1.82, 2.24) is 21.3 Å². The van der Waals surface area contributed by atoms with Crippen molar-refractivity contribution in [3.05, 3.63) is 108 Å². The minimum atomic E-state index is -0.590. The van der Waals surface area contributed by atoms with E-state index in [1.54, 1.807) is 19.1 Å². The van der Waals surface area contributed by atoms with Gasteiger partial charge in [-0.3, -0.25) is 19.2 Å². The summed E-state index contributed by atoms with van der Waals surface area (Å²) in [5, 5.41) is 12.4. The number of carbonyl (C=O) groups excluding carboxylic acids is 4. The average molecular weight is 677 g/mol. The number of amides is 4. The lowest BCUT2D eigenvalue weighted by atomic mass is 9.89. The van der Waals surface area contributed by atoms with E-state index in [0.29, 0.717) is 37.5 Å². The Morgan fingerprint density at radius 1 is 0.920 bits per heavy atom. The Kier molecular flexibility index (Phi) is 13.4. The molecule has 4 amide bonds. The number of rotatable bonds is 17. The van der Waals surface area contributed by atoms with Gasteiger partial charge >= 0.3 is 5.91 Å². The molecular formula is C41H50N5O4. The Balaban J connectivity index is 1.63. The van der Waals surface area contributed by atoms with Crippen LogP contribution < -0.4 is 26.2 Å². The zero-order valence-electron chi connectivity index (χ0n) is 29.6. The highest BCUT2D eigenvalue weighted by molar-refractivity contribution is 6.08. The molecule has 3 aromatic carbocycles. The van der Waals surface area contributed by atoms with Crippen LogP contribution in [0.4, 0.5) is 5.69 Å². The first-order valence-electron chi connectivity index (χ1n) is 17.3. The van der Waals surface area contributed by atoms with E-state index in [1.807, 2.05) is 81.4 Å². The van der Waals surface area contributed by atoms with Crippen molar-refractivity contribution in [2.75, 3.05) is 24.5 Å². The van der Waals surface area contributed by atoms with Crippen molar-refractivity contribution in [2.24, 2.45) is 11.3 Å². The van der Waals surface area contributed by atoms with Crippen LogP contribution in [0.25, 0.3) is 0 Å². The van der Waals surface area contributed by atoms with Crippen molar-refractivity contribution < 1.29 is 19.2 Å². The van der Waals surface area contributed by atoms with Crippen LogP contribution in [-0.2, 0) is 16.0 Å². The third-order valence-electron chi connectivity index (χ3n) is 9.02. The highest BCUT2D eigenvalue weighted by atomic mass is 16.2. The summed E-state index contributed by atoms with van der Waals surface area (Å²) in [5.74, 6) is 1.25. The number of carbonyl (C=O) groups is 4. The van der Waals surface area contributed by atoms with Crippen molar-refractivity contribution in [3.63, 3.8) is 0 Å². The van der Waals surface area contributed by atoms with Gasteiger partial charge < -0.3 is 26.2 Å². The number of benzene rings is 3. The molecule has 1 radical (unpaired) electrons. The molecule has 1 aliphatic carbocycles. The summed E-state index contributed by atoms with van der Waals surface area (Å²) in [5.41, 5.74) is 2.26. The Bertz CT molecular complexity index is 1660. The summed E-state index contributed by atoms with van der Waals surface area (Å²) in [6.45, 7) is 12.9. The molecule has 0 saturated heterocycles. The van der Waals surface area contributed by atoms with E-state index in [2.05, 4.69) is 34.1 Å². The monoisotopic (exact) mass is 676 g/mol. The first kappa shape index (κ1) is 37.9. The van der Waals surface area contributed by atoms with Gasteiger partial charge in [0.15, 0.2) is 0 Å². The van der Waals surface area contributed by atoms with E-state index in [-0.39, 0.29) is 29.6 Å². The molecule has 9 heteroatoms. The number of terminal acetylenes is 1. The Labute approximate surface area is 297 Å². The fourth-order valence-corrected chi connectivity index (χ4v) is 5.47. The van der Waals surface area contributed by atoms with Crippen LogP contribution in [0.3, 0.4) is 0 Å². The van der Waals surface area contributed by atoms with Gasteiger partial charge in [0.1, 0.15) is 0 Å². The third kappa shape index (κ3) is 11.3. The van der Waals surface area contributed by atoms with Crippen LogP contribution in [0.1, 0.15) is 84.8 Å². The Morgan fingerprint density at radius 2 is 1.52 bits per heavy atom. The summed E-state index contributed by atoms with van der Waals surface area (Å²) in [6.07, 6.45) is 8.91. The summed E-state index contributed by atoms with van der Waals surface area (Å²) >= 11 is 0. The number of nitrogens with one attached hydrogen (secondary N) is 4. The maximum atomic E-state index is 14.1. The van der Waals surface area contributed by atoms with E-state index in [0.717, 1.165) is 24.0 Å². The summed E-state index contributed by atoms with van der Waals surface area (Å²) in [4.78, 5) is 55.1. The fraction of sp³-hybridized carbons (Fsp3) is 0.390. The molecule has 0 unspecified atom stereocenters. The highest BCUT2D eigenvalue weighted by Gasteiger charge is 2.27. The number of nitrogens with zero attached hydrogens (tertiary/aromatic N) is 1. The molecule has 0 aromatic heterocycles. The van der Waals surface area contributed by atoms with Crippen molar-refractivity contribution >= 4 is 29.3 Å². The molecule has 4 rings (SSSR count). The standard InChI is InChI=1S/C41H50N5O4/c1-7-37(47)46(27-41(5,6)8-2)36-23-33(39(49)44-28(3)32-17-13-10-14-18-32)22-34(24-36)40(50)45-35(21-30-15-11-9-12-16-30)26-42-29(4)38(48)43-25-31-19-20-31/h1,9-18,22-24,28-29,31,35,42H,2,8,19-21,25-27H2,3-6H3,(H,43,48)(H,44,49)(H,45,50)/t28-,29+,35+/m1/s1. The summed E-state index contributed by atoms with van der Waals surface area (Å²) in [7, 11) is 0. The van der Waals surface area contributed by atoms with Gasteiger partial charge in [-0.15, -0.1) is 6.42 Å². The zero-order chi connectivity index (χ0) is 36.3. The molecule has 1 saturated carbocycles. The Hall–Kier alpha value is -4.94. The van der Waals surface area contributed by atoms with Crippen molar-refractivity contribution in [3.8, 4) is 12.3 Å². The lowest BCUT2D eigenvalue weighted by Gasteiger charge is -2.31. The van der Waals surface area contributed by atoms with E-state index in [4.69, 9.17) is 6.42 Å². The van der Waals surface area contributed by atoms with Gasteiger partial charge in [0.25, 0.3) is 11.8 Å². The lowest BCUT2D eigenvalue weighted by Crippen LogP contribution is -2.49. The van der Waals surface area contributed by atoms with E-state index in [9.17, 15) is 19.2 Å². The highest BCUT2D eigenvalue weighted by Crippen LogP contribution is 2.28. The van der Waals surface area contributed by atoms with Gasteiger partial charge in [0.2, 0.25) is 5.91 Å². The normalized spacial score (nSPS) is 14.4. The lowest BCUT2D eigenvalue weighted by molar-refractivity contribution is -0.122. The summed E-state index contributed by atoms with van der Waals surface area (Å²) in [6, 6.07) is 22.8. The topological polar surface area (TPSA) is 120 Å². The molecule has 0 aliphatic heterocycles. The minimum absolute atomic E-state index is 0.0850. The SMILES string of the molecule is C#CC(=O)N(CC(C)(C)C[CH2])c1cc(C(=O)N[C@H](CN[C@@H](C)C(=O)NCC2CC2)Cc2ccccc2)cc(C(=O)N[C@H](C)c2ccccc2)c1. The van der Waals surface area contributed by atoms with Crippen LogP contribution in [0, 0.1) is 30.6 Å². The molecular weight excluding hydrogens is 626 g/mol. The second-order valence-electron chi connectivity index (χ2n) is 14.0. The van der Waals surface area contributed by atoms with Gasteiger partial charge in [-0.05, 0) is 86.1 Å². The molecule has 0 spiro atoms. The second kappa shape index (κ2) is 17.6.